The van der Waals surface area contributed by atoms with Gasteiger partial charge in [-0.25, -0.2) is 4.98 Å². The molecule has 0 spiro atoms. The van der Waals surface area contributed by atoms with Gasteiger partial charge in [0.2, 0.25) is 5.91 Å². The molecule has 0 unspecified atom stereocenters. The number of rotatable bonds is 8. The molecule has 0 radical (unpaired) electrons. The molecule has 2 aromatic rings. The van der Waals surface area contributed by atoms with Crippen LogP contribution in [0.2, 0.25) is 0 Å². The second-order valence-electron chi connectivity index (χ2n) is 6.61. The number of carbonyl (C=O) groups is 1. The molecule has 0 atom stereocenters. The Bertz CT molecular complexity index is 658. The number of nitrogens with zero attached hydrogens (tertiary/aromatic N) is 2. The first kappa shape index (κ1) is 17.9. The number of nitrogens with one attached hydrogen (secondary N) is 1. The van der Waals surface area contributed by atoms with Crippen molar-refractivity contribution in [2.45, 2.75) is 26.7 Å². The van der Waals surface area contributed by atoms with E-state index in [2.05, 4.69) is 10.3 Å². The van der Waals surface area contributed by atoms with E-state index >= 15 is 0 Å². The van der Waals surface area contributed by atoms with Gasteiger partial charge in [-0.15, -0.1) is 0 Å². The lowest BCUT2D eigenvalue weighted by atomic mass is 9.89. The largest absolute Gasteiger partial charge is 0.396 e. The fraction of sp³-hybridized carbons (Fsp3) is 0.368. The maximum Gasteiger partial charge on any atom is 0.243 e. The minimum absolute atomic E-state index is 0.0858. The molecule has 24 heavy (non-hydrogen) atoms. The van der Waals surface area contributed by atoms with Gasteiger partial charge in [0.15, 0.2) is 0 Å². The molecule has 0 aliphatic rings. The zero-order chi connectivity index (χ0) is 17.4. The van der Waals surface area contributed by atoms with Crippen LogP contribution in [0.5, 0.6) is 0 Å². The number of aromatic nitrogens is 2. The van der Waals surface area contributed by atoms with Crippen LogP contribution in [0.15, 0.2) is 49.1 Å². The average molecular weight is 327 g/mol. The highest BCUT2D eigenvalue weighted by atomic mass is 16.3. The maximum absolute atomic E-state index is 11.8. The fourth-order valence-corrected chi connectivity index (χ4v) is 2.26. The van der Waals surface area contributed by atoms with Crippen LogP contribution in [0.4, 0.5) is 0 Å². The summed E-state index contributed by atoms with van der Waals surface area (Å²) in [5.74, 6) is -0.101. The van der Waals surface area contributed by atoms with E-state index in [1.165, 1.54) is 0 Å². The van der Waals surface area contributed by atoms with Gasteiger partial charge in [-0.2, -0.15) is 0 Å². The lowest BCUT2D eigenvalue weighted by Crippen LogP contribution is -2.24. The molecule has 0 saturated carbocycles. The molecular formula is C19H25N3O2. The van der Waals surface area contributed by atoms with Crippen molar-refractivity contribution in [1.82, 2.24) is 14.9 Å². The van der Waals surface area contributed by atoms with Gasteiger partial charge < -0.3 is 15.0 Å². The van der Waals surface area contributed by atoms with Crippen LogP contribution in [-0.2, 0) is 4.79 Å². The number of benzene rings is 1. The van der Waals surface area contributed by atoms with Crippen LogP contribution in [0, 0.1) is 5.41 Å². The van der Waals surface area contributed by atoms with Crippen LogP contribution < -0.4 is 5.32 Å². The predicted molar refractivity (Wildman–Crippen MR) is 95.7 cm³/mol. The van der Waals surface area contributed by atoms with Crippen LogP contribution in [0.1, 0.15) is 32.3 Å². The first-order valence-corrected chi connectivity index (χ1v) is 8.15. The first-order valence-electron chi connectivity index (χ1n) is 8.15. The highest BCUT2D eigenvalue weighted by Crippen LogP contribution is 2.20. The highest BCUT2D eigenvalue weighted by molar-refractivity contribution is 5.91. The molecule has 128 valence electrons. The van der Waals surface area contributed by atoms with E-state index in [-0.39, 0.29) is 17.9 Å². The molecule has 0 bridgehead atoms. The number of hydrogen-bond donors (Lipinski definition) is 2. The summed E-state index contributed by atoms with van der Waals surface area (Å²) in [6.07, 6.45) is 10.4. The Morgan fingerprint density at radius 1 is 1.33 bits per heavy atom. The fourth-order valence-electron chi connectivity index (χ4n) is 2.26. The van der Waals surface area contributed by atoms with Gasteiger partial charge in [0.25, 0.3) is 0 Å². The molecular weight excluding hydrogens is 302 g/mol. The van der Waals surface area contributed by atoms with Gasteiger partial charge in [0.05, 0.1) is 6.33 Å². The molecule has 2 rings (SSSR count). The molecule has 0 saturated heterocycles. The van der Waals surface area contributed by atoms with E-state index in [9.17, 15) is 9.90 Å². The van der Waals surface area contributed by atoms with E-state index in [0.29, 0.717) is 6.54 Å². The lowest BCUT2D eigenvalue weighted by molar-refractivity contribution is -0.116. The number of carbonyl (C=O) groups excluding carboxylic acids is 1. The molecule has 1 aromatic carbocycles. The van der Waals surface area contributed by atoms with Gasteiger partial charge in [-0.05, 0) is 42.0 Å². The van der Waals surface area contributed by atoms with Crippen molar-refractivity contribution in [3.8, 4) is 5.69 Å². The SMILES string of the molecule is CC(C)(CO)CCCNC(=O)/C=C/c1ccc(-n2ccnc2)cc1. The Morgan fingerprint density at radius 3 is 2.71 bits per heavy atom. The van der Waals surface area contributed by atoms with Crippen molar-refractivity contribution in [1.29, 1.82) is 0 Å². The highest BCUT2D eigenvalue weighted by Gasteiger charge is 2.15. The third-order valence-electron chi connectivity index (χ3n) is 3.88. The zero-order valence-electron chi connectivity index (χ0n) is 14.3. The van der Waals surface area contributed by atoms with Crippen molar-refractivity contribution in [3.63, 3.8) is 0 Å². The Morgan fingerprint density at radius 2 is 2.08 bits per heavy atom. The van der Waals surface area contributed by atoms with E-state index in [4.69, 9.17) is 0 Å². The summed E-state index contributed by atoms with van der Waals surface area (Å²) in [5.41, 5.74) is 1.91. The summed E-state index contributed by atoms with van der Waals surface area (Å²) in [5, 5.41) is 12.1. The second-order valence-corrected chi connectivity index (χ2v) is 6.61. The van der Waals surface area contributed by atoms with Crippen molar-refractivity contribution in [3.05, 3.63) is 54.6 Å². The van der Waals surface area contributed by atoms with Crippen molar-refractivity contribution in [2.24, 2.45) is 5.41 Å². The molecule has 1 heterocycles. The Hall–Kier alpha value is -2.40. The molecule has 0 fully saturated rings. The van der Waals surface area contributed by atoms with Gasteiger partial charge in [-0.3, -0.25) is 4.79 Å². The summed E-state index contributed by atoms with van der Waals surface area (Å²) in [6, 6.07) is 7.89. The van der Waals surface area contributed by atoms with Crippen molar-refractivity contribution < 1.29 is 9.90 Å². The normalized spacial score (nSPS) is 11.8. The van der Waals surface area contributed by atoms with Crippen molar-refractivity contribution in [2.75, 3.05) is 13.2 Å². The predicted octanol–water partition coefficient (Wildman–Crippen LogP) is 2.80. The standard InChI is InChI=1S/C19H25N3O2/c1-19(2,14-23)10-3-11-21-18(24)9-6-16-4-7-17(8-5-16)22-13-12-20-15-22/h4-9,12-13,15,23H,3,10-11,14H2,1-2H3,(H,21,24)/b9-6+. The number of imidazole rings is 1. The first-order chi connectivity index (χ1) is 11.5. The minimum atomic E-state index is -0.101. The van der Waals surface area contributed by atoms with Crippen molar-refractivity contribution >= 4 is 12.0 Å². The topological polar surface area (TPSA) is 67.2 Å². The van der Waals surface area contributed by atoms with Gasteiger partial charge in [-0.1, -0.05) is 26.0 Å². The second kappa shape index (κ2) is 8.45. The molecule has 0 aliphatic heterocycles. The van der Waals surface area contributed by atoms with Crippen LogP contribution in [0.25, 0.3) is 11.8 Å². The lowest BCUT2D eigenvalue weighted by Gasteiger charge is -2.20. The summed E-state index contributed by atoms with van der Waals surface area (Å²) < 4.78 is 1.92. The Balaban J connectivity index is 1.77. The van der Waals surface area contributed by atoms with Gasteiger partial charge in [0, 0.05) is 37.3 Å². The number of aliphatic hydroxyl groups excluding tert-OH is 1. The molecule has 1 amide bonds. The average Bonchev–Trinajstić information content (AvgIpc) is 3.12. The van der Waals surface area contributed by atoms with E-state index in [0.717, 1.165) is 24.1 Å². The Labute approximate surface area is 143 Å². The molecule has 2 N–H and O–H groups in total. The van der Waals surface area contributed by atoms with E-state index in [1.54, 1.807) is 24.7 Å². The van der Waals surface area contributed by atoms with Gasteiger partial charge >= 0.3 is 0 Å². The van der Waals surface area contributed by atoms with Crippen LogP contribution in [-0.4, -0.2) is 33.7 Å². The number of aliphatic hydroxyl groups is 1. The third-order valence-corrected chi connectivity index (χ3v) is 3.88. The smallest absolute Gasteiger partial charge is 0.243 e. The molecule has 1 aromatic heterocycles. The van der Waals surface area contributed by atoms with Crippen LogP contribution >= 0.6 is 0 Å². The molecule has 5 heteroatoms. The molecule has 5 nitrogen and oxygen atoms in total. The Kier molecular flexibility index (Phi) is 6.32. The number of amides is 1. The summed E-state index contributed by atoms with van der Waals surface area (Å²) in [4.78, 5) is 15.8. The molecule has 0 aliphatic carbocycles. The van der Waals surface area contributed by atoms with E-state index in [1.807, 2.05) is 48.9 Å². The minimum Gasteiger partial charge on any atom is -0.396 e. The maximum atomic E-state index is 11.8. The number of hydrogen-bond acceptors (Lipinski definition) is 3. The summed E-state index contributed by atoms with van der Waals surface area (Å²) in [7, 11) is 0. The van der Waals surface area contributed by atoms with Gasteiger partial charge in [0.1, 0.15) is 0 Å². The quantitative estimate of drug-likeness (QED) is 0.579. The monoisotopic (exact) mass is 327 g/mol. The van der Waals surface area contributed by atoms with Crippen LogP contribution in [0.3, 0.4) is 0 Å². The third kappa shape index (κ3) is 5.66. The summed E-state index contributed by atoms with van der Waals surface area (Å²) >= 11 is 0. The zero-order valence-corrected chi connectivity index (χ0v) is 14.3. The van der Waals surface area contributed by atoms with E-state index < -0.39 is 0 Å². The summed E-state index contributed by atoms with van der Waals surface area (Å²) in [6.45, 7) is 4.81.